The SMILES string of the molecule is [CH-]=CCCC1C=CNC(=O)N1C.[Y]. The van der Waals surface area contributed by atoms with E-state index in [2.05, 4.69) is 5.32 Å². The van der Waals surface area contributed by atoms with Crippen molar-refractivity contribution in [2.45, 2.75) is 18.9 Å². The molecule has 1 radical (unpaired) electrons. The van der Waals surface area contributed by atoms with Crippen LogP contribution in [0.3, 0.4) is 0 Å². The third kappa shape index (κ3) is 3.61. The summed E-state index contributed by atoms with van der Waals surface area (Å²) in [5, 5.41) is 2.60. The normalized spacial score (nSPS) is 20.5. The Kier molecular flexibility index (Phi) is 6.26. The molecule has 1 atom stereocenters. The molecule has 0 fully saturated rings. The predicted octanol–water partition coefficient (Wildman–Crippen LogP) is 1.29. The van der Waals surface area contributed by atoms with Crippen molar-refractivity contribution in [3.8, 4) is 0 Å². The van der Waals surface area contributed by atoms with Gasteiger partial charge in [-0.2, -0.15) is 0 Å². The van der Waals surface area contributed by atoms with Crippen LogP contribution >= 0.6 is 0 Å². The molecule has 0 aromatic heterocycles. The van der Waals surface area contributed by atoms with Crippen molar-refractivity contribution in [1.29, 1.82) is 0 Å². The van der Waals surface area contributed by atoms with Crippen molar-refractivity contribution in [2.75, 3.05) is 7.05 Å². The maximum atomic E-state index is 11.1. The third-order valence-corrected chi connectivity index (χ3v) is 1.97. The number of urea groups is 1. The van der Waals surface area contributed by atoms with Crippen LogP contribution < -0.4 is 5.32 Å². The number of amides is 2. The minimum absolute atomic E-state index is 0. The molecule has 1 N–H and O–H groups in total. The molecule has 2 amide bonds. The molecule has 0 bridgehead atoms. The zero-order chi connectivity index (χ0) is 8.97. The Morgan fingerprint density at radius 3 is 3.08 bits per heavy atom. The molecular formula is C9H13N2OY-. The van der Waals surface area contributed by atoms with Crippen LogP contribution in [0.5, 0.6) is 0 Å². The van der Waals surface area contributed by atoms with Crippen molar-refractivity contribution in [3.63, 3.8) is 0 Å². The van der Waals surface area contributed by atoms with Gasteiger partial charge in [0.1, 0.15) is 0 Å². The molecule has 0 saturated heterocycles. The average molecular weight is 254 g/mol. The third-order valence-electron chi connectivity index (χ3n) is 1.97. The van der Waals surface area contributed by atoms with Crippen molar-refractivity contribution in [2.24, 2.45) is 0 Å². The number of nitrogens with zero attached hydrogens (tertiary/aromatic N) is 1. The molecule has 0 aromatic rings. The number of hydrogen-bond donors (Lipinski definition) is 1. The summed E-state index contributed by atoms with van der Waals surface area (Å²) in [5.41, 5.74) is 0. The minimum atomic E-state index is -0.0560. The largest absolute Gasteiger partial charge is 0.518 e. The summed E-state index contributed by atoms with van der Waals surface area (Å²) in [6, 6.07) is 0.123. The van der Waals surface area contributed by atoms with Crippen LogP contribution in [0.1, 0.15) is 12.8 Å². The number of carbonyl (C=O) groups excluding carboxylic acids is 1. The van der Waals surface area contributed by atoms with E-state index >= 15 is 0 Å². The van der Waals surface area contributed by atoms with E-state index in [1.807, 2.05) is 6.08 Å². The van der Waals surface area contributed by atoms with Crippen LogP contribution in [0.2, 0.25) is 0 Å². The van der Waals surface area contributed by atoms with Crippen molar-refractivity contribution < 1.29 is 37.5 Å². The summed E-state index contributed by atoms with van der Waals surface area (Å²) in [5.74, 6) is 0. The summed E-state index contributed by atoms with van der Waals surface area (Å²) < 4.78 is 0. The number of rotatable bonds is 3. The van der Waals surface area contributed by atoms with Crippen LogP contribution in [0.25, 0.3) is 0 Å². The van der Waals surface area contributed by atoms with Gasteiger partial charge in [0.05, 0.1) is 6.04 Å². The number of hydrogen-bond acceptors (Lipinski definition) is 1. The number of carbonyl (C=O) groups is 1. The average Bonchev–Trinajstić information content (AvgIpc) is 2.08. The van der Waals surface area contributed by atoms with Gasteiger partial charge < -0.3 is 16.8 Å². The fourth-order valence-corrected chi connectivity index (χ4v) is 1.17. The van der Waals surface area contributed by atoms with E-state index in [1.54, 1.807) is 24.2 Å². The second-order valence-electron chi connectivity index (χ2n) is 2.80. The first-order chi connectivity index (χ1) is 5.75. The van der Waals surface area contributed by atoms with Gasteiger partial charge in [0.25, 0.3) is 0 Å². The smallest absolute Gasteiger partial charge is 0.321 e. The molecule has 4 heteroatoms. The van der Waals surface area contributed by atoms with Crippen molar-refractivity contribution >= 4 is 6.03 Å². The van der Waals surface area contributed by atoms with Gasteiger partial charge in [0, 0.05) is 46.0 Å². The Morgan fingerprint density at radius 1 is 1.77 bits per heavy atom. The molecule has 3 nitrogen and oxygen atoms in total. The molecule has 1 unspecified atom stereocenters. The van der Waals surface area contributed by atoms with Gasteiger partial charge in [-0.25, -0.2) is 4.79 Å². The molecule has 0 saturated carbocycles. The van der Waals surface area contributed by atoms with Crippen LogP contribution in [-0.4, -0.2) is 24.0 Å². The summed E-state index contributed by atoms with van der Waals surface area (Å²) >= 11 is 0. The zero-order valence-electron chi connectivity index (χ0n) is 7.73. The Bertz CT molecular complexity index is 216. The summed E-state index contributed by atoms with van der Waals surface area (Å²) in [7, 11) is 1.78. The molecule has 13 heavy (non-hydrogen) atoms. The van der Waals surface area contributed by atoms with Gasteiger partial charge in [-0.3, -0.25) is 6.08 Å². The first-order valence-corrected chi connectivity index (χ1v) is 3.99. The Labute approximate surface area is 104 Å². The fraction of sp³-hybridized carbons (Fsp3) is 0.444. The second-order valence-corrected chi connectivity index (χ2v) is 2.80. The molecular weight excluding hydrogens is 241 g/mol. The fourth-order valence-electron chi connectivity index (χ4n) is 1.17. The predicted molar refractivity (Wildman–Crippen MR) is 47.3 cm³/mol. The van der Waals surface area contributed by atoms with Gasteiger partial charge in [-0.05, 0) is 12.5 Å². The monoisotopic (exact) mass is 254 g/mol. The van der Waals surface area contributed by atoms with E-state index in [0.717, 1.165) is 12.8 Å². The first-order valence-electron chi connectivity index (χ1n) is 3.99. The summed E-state index contributed by atoms with van der Waals surface area (Å²) in [6.07, 6.45) is 6.98. The van der Waals surface area contributed by atoms with Gasteiger partial charge in [-0.15, -0.1) is 0 Å². The molecule has 69 valence electrons. The quantitative estimate of drug-likeness (QED) is 0.756. The van der Waals surface area contributed by atoms with Crippen LogP contribution in [0.4, 0.5) is 4.79 Å². The zero-order valence-corrected chi connectivity index (χ0v) is 10.6. The van der Waals surface area contributed by atoms with E-state index in [0.29, 0.717) is 0 Å². The van der Waals surface area contributed by atoms with Crippen LogP contribution in [-0.2, 0) is 32.7 Å². The molecule has 1 heterocycles. The summed E-state index contributed by atoms with van der Waals surface area (Å²) in [4.78, 5) is 12.8. The Morgan fingerprint density at radius 2 is 2.46 bits per heavy atom. The molecule has 1 aliphatic heterocycles. The van der Waals surface area contributed by atoms with Crippen molar-refractivity contribution in [1.82, 2.24) is 10.2 Å². The van der Waals surface area contributed by atoms with E-state index in [4.69, 9.17) is 6.58 Å². The van der Waals surface area contributed by atoms with Gasteiger partial charge in [-0.1, -0.05) is 6.42 Å². The van der Waals surface area contributed by atoms with E-state index in [1.165, 1.54) is 0 Å². The van der Waals surface area contributed by atoms with Crippen LogP contribution in [0, 0.1) is 6.58 Å². The van der Waals surface area contributed by atoms with Crippen LogP contribution in [0.15, 0.2) is 18.4 Å². The first kappa shape index (κ1) is 12.9. The number of allylic oxidation sites excluding steroid dienone is 1. The Hall–Kier alpha value is -0.146. The van der Waals surface area contributed by atoms with Gasteiger partial charge >= 0.3 is 6.03 Å². The Balaban J connectivity index is 0.00000144. The number of nitrogens with one attached hydrogen (secondary N) is 1. The topological polar surface area (TPSA) is 32.3 Å². The van der Waals surface area contributed by atoms with Gasteiger partial charge in [0.15, 0.2) is 0 Å². The number of likely N-dealkylation sites (N-methyl/N-ethyl adjacent to an activating group) is 1. The standard InChI is InChI=1S/C9H13N2O.Y/c1-3-4-5-8-6-7-10-9(12)11(8)2;/h1,3,6-8H,4-5H2,2H3,(H,10,12);/q-1;. The maximum Gasteiger partial charge on any atom is 0.321 e. The van der Waals surface area contributed by atoms with Gasteiger partial charge in [0.2, 0.25) is 0 Å². The van der Waals surface area contributed by atoms with E-state index < -0.39 is 0 Å². The molecule has 0 aliphatic carbocycles. The second kappa shape index (κ2) is 6.33. The molecule has 0 spiro atoms. The van der Waals surface area contributed by atoms with Crippen molar-refractivity contribution in [3.05, 3.63) is 24.9 Å². The molecule has 0 aromatic carbocycles. The summed E-state index contributed by atoms with van der Waals surface area (Å²) in [6.45, 7) is 5.26. The maximum absolute atomic E-state index is 11.1. The molecule has 1 rings (SSSR count). The molecule has 1 aliphatic rings. The minimum Gasteiger partial charge on any atom is -0.518 e. The van der Waals surface area contributed by atoms with E-state index in [-0.39, 0.29) is 44.8 Å². The van der Waals surface area contributed by atoms with E-state index in [9.17, 15) is 4.79 Å².